The monoisotopic (exact) mass is 430 g/mol. The number of anilines is 2. The maximum atomic E-state index is 12.7. The molecule has 0 saturated carbocycles. The van der Waals surface area contributed by atoms with Crippen LogP contribution in [-0.2, 0) is 10.0 Å². The quantitative estimate of drug-likeness (QED) is 0.593. The number of amides is 1. The molecule has 1 amide bonds. The van der Waals surface area contributed by atoms with Gasteiger partial charge in [0.05, 0.1) is 17.7 Å². The highest BCUT2D eigenvalue weighted by Gasteiger charge is 2.17. The fraction of sp³-hybridized carbons (Fsp3) is 0.0952. The van der Waals surface area contributed by atoms with Gasteiger partial charge in [-0.1, -0.05) is 23.7 Å². The van der Waals surface area contributed by atoms with Crippen LogP contribution in [0.15, 0.2) is 71.6 Å². The number of aryl methyl sites for hydroxylation is 1. The predicted octanol–water partition coefficient (Wildman–Crippen LogP) is 4.71. The molecular weight excluding hydrogens is 412 g/mol. The van der Waals surface area contributed by atoms with Gasteiger partial charge in [-0.2, -0.15) is 0 Å². The molecule has 8 heteroatoms. The van der Waals surface area contributed by atoms with E-state index in [1.807, 2.05) is 13.0 Å². The molecule has 0 aliphatic heterocycles. The smallest absolute Gasteiger partial charge is 0.262 e. The molecule has 2 N–H and O–H groups in total. The van der Waals surface area contributed by atoms with Crippen molar-refractivity contribution in [2.45, 2.75) is 11.8 Å². The van der Waals surface area contributed by atoms with Gasteiger partial charge >= 0.3 is 0 Å². The Hall–Kier alpha value is -3.03. The van der Waals surface area contributed by atoms with Crippen LogP contribution in [0.4, 0.5) is 11.4 Å². The Morgan fingerprint density at radius 1 is 1.00 bits per heavy atom. The molecule has 0 radical (unpaired) electrons. The van der Waals surface area contributed by atoms with Crippen molar-refractivity contribution < 1.29 is 17.9 Å². The van der Waals surface area contributed by atoms with Gasteiger partial charge in [-0.15, -0.1) is 0 Å². The Kier molecular flexibility index (Phi) is 6.10. The maximum absolute atomic E-state index is 12.7. The molecule has 0 saturated heterocycles. The molecule has 29 heavy (non-hydrogen) atoms. The molecule has 150 valence electrons. The van der Waals surface area contributed by atoms with Gasteiger partial charge in [-0.25, -0.2) is 8.42 Å². The summed E-state index contributed by atoms with van der Waals surface area (Å²) in [6, 6.07) is 17.6. The number of sulfonamides is 1. The van der Waals surface area contributed by atoms with E-state index in [2.05, 4.69) is 10.0 Å². The minimum absolute atomic E-state index is 0.0572. The lowest BCUT2D eigenvalue weighted by Crippen LogP contribution is -2.14. The molecule has 3 rings (SSSR count). The Morgan fingerprint density at radius 2 is 1.72 bits per heavy atom. The summed E-state index contributed by atoms with van der Waals surface area (Å²) in [5, 5.41) is 3.16. The molecule has 3 aromatic carbocycles. The third-order valence-corrected chi connectivity index (χ3v) is 5.73. The molecule has 0 aromatic heterocycles. The lowest BCUT2D eigenvalue weighted by Gasteiger charge is -2.13. The third kappa shape index (κ3) is 5.07. The molecule has 0 unspecified atom stereocenters. The normalized spacial score (nSPS) is 11.0. The summed E-state index contributed by atoms with van der Waals surface area (Å²) < 4.78 is 33.2. The van der Waals surface area contributed by atoms with Crippen LogP contribution in [0.3, 0.4) is 0 Å². The first-order valence-corrected chi connectivity index (χ1v) is 10.5. The third-order valence-electron chi connectivity index (χ3n) is 4.11. The van der Waals surface area contributed by atoms with Crippen LogP contribution < -0.4 is 14.8 Å². The molecule has 0 fully saturated rings. The molecule has 0 spiro atoms. The lowest BCUT2D eigenvalue weighted by molar-refractivity contribution is 0.102. The Balaban J connectivity index is 1.77. The van der Waals surface area contributed by atoms with Crippen LogP contribution in [0.1, 0.15) is 15.9 Å². The van der Waals surface area contributed by atoms with Gasteiger partial charge in [0.2, 0.25) is 0 Å². The van der Waals surface area contributed by atoms with Crippen molar-refractivity contribution in [1.82, 2.24) is 0 Å². The number of halogens is 1. The average molecular weight is 431 g/mol. The molecule has 0 aliphatic carbocycles. The lowest BCUT2D eigenvalue weighted by atomic mass is 10.2. The average Bonchev–Trinajstić information content (AvgIpc) is 2.68. The number of methoxy groups -OCH3 is 1. The number of nitrogens with one attached hydrogen (secondary N) is 2. The fourth-order valence-corrected chi connectivity index (χ4v) is 3.91. The van der Waals surface area contributed by atoms with Crippen molar-refractivity contribution in [1.29, 1.82) is 0 Å². The van der Waals surface area contributed by atoms with E-state index in [4.69, 9.17) is 16.3 Å². The van der Waals surface area contributed by atoms with Crippen molar-refractivity contribution in [2.24, 2.45) is 0 Å². The second-order valence-electron chi connectivity index (χ2n) is 6.30. The Bertz CT molecular complexity index is 1150. The van der Waals surface area contributed by atoms with Crippen LogP contribution in [0, 0.1) is 6.92 Å². The van der Waals surface area contributed by atoms with Crippen molar-refractivity contribution in [3.63, 3.8) is 0 Å². The van der Waals surface area contributed by atoms with Crippen molar-refractivity contribution in [3.05, 3.63) is 82.9 Å². The zero-order chi connectivity index (χ0) is 21.0. The highest BCUT2D eigenvalue weighted by Crippen LogP contribution is 2.28. The van der Waals surface area contributed by atoms with Crippen molar-refractivity contribution >= 4 is 38.9 Å². The van der Waals surface area contributed by atoms with E-state index in [0.29, 0.717) is 27.7 Å². The first kappa shape index (κ1) is 20.7. The van der Waals surface area contributed by atoms with E-state index in [-0.39, 0.29) is 10.8 Å². The molecular formula is C21H19ClN2O4S. The highest BCUT2D eigenvalue weighted by molar-refractivity contribution is 7.92. The molecule has 0 heterocycles. The van der Waals surface area contributed by atoms with Crippen molar-refractivity contribution in [3.8, 4) is 5.75 Å². The molecule has 3 aromatic rings. The van der Waals surface area contributed by atoms with Crippen molar-refractivity contribution in [2.75, 3.05) is 17.1 Å². The summed E-state index contributed by atoms with van der Waals surface area (Å²) in [4.78, 5) is 12.3. The summed E-state index contributed by atoms with van der Waals surface area (Å²) in [6.07, 6.45) is 0. The van der Waals surface area contributed by atoms with E-state index in [1.165, 1.54) is 31.4 Å². The topological polar surface area (TPSA) is 84.5 Å². The van der Waals surface area contributed by atoms with Gasteiger partial charge in [0, 0.05) is 16.3 Å². The van der Waals surface area contributed by atoms with E-state index >= 15 is 0 Å². The zero-order valence-corrected chi connectivity index (χ0v) is 17.3. The molecule has 6 nitrogen and oxygen atoms in total. The second kappa shape index (κ2) is 8.55. The van der Waals surface area contributed by atoms with Crippen LogP contribution in [-0.4, -0.2) is 21.4 Å². The SMILES string of the molecule is COc1ccc(C)cc1NS(=O)(=O)c1ccc(NC(=O)c2cccc(Cl)c2)cc1. The van der Waals surface area contributed by atoms with Crippen LogP contribution >= 0.6 is 11.6 Å². The Morgan fingerprint density at radius 3 is 2.38 bits per heavy atom. The van der Waals surface area contributed by atoms with Gasteiger partial charge in [-0.05, 0) is 67.1 Å². The second-order valence-corrected chi connectivity index (χ2v) is 8.42. The summed E-state index contributed by atoms with van der Waals surface area (Å²) in [5.74, 6) is 0.0790. The summed E-state index contributed by atoms with van der Waals surface area (Å²) in [6.45, 7) is 1.86. The predicted molar refractivity (Wildman–Crippen MR) is 114 cm³/mol. The molecule has 0 aliphatic rings. The van der Waals surface area contributed by atoms with E-state index in [9.17, 15) is 13.2 Å². The van der Waals surface area contributed by atoms with Crippen LogP contribution in [0.25, 0.3) is 0 Å². The molecule has 0 atom stereocenters. The van der Waals surface area contributed by atoms with E-state index in [0.717, 1.165) is 5.56 Å². The van der Waals surface area contributed by atoms with E-state index < -0.39 is 10.0 Å². The Labute approximate surface area is 174 Å². The minimum atomic E-state index is -3.83. The number of rotatable bonds is 6. The maximum Gasteiger partial charge on any atom is 0.262 e. The zero-order valence-electron chi connectivity index (χ0n) is 15.8. The number of hydrogen-bond acceptors (Lipinski definition) is 4. The van der Waals surface area contributed by atoms with Gasteiger partial charge in [0.25, 0.3) is 15.9 Å². The number of ether oxygens (including phenoxy) is 1. The fourth-order valence-electron chi connectivity index (χ4n) is 2.66. The van der Waals surface area contributed by atoms with Crippen LogP contribution in [0.5, 0.6) is 5.75 Å². The largest absolute Gasteiger partial charge is 0.495 e. The summed E-state index contributed by atoms with van der Waals surface area (Å²) >= 11 is 5.90. The number of benzene rings is 3. The number of carbonyl (C=O) groups is 1. The minimum Gasteiger partial charge on any atom is -0.495 e. The summed E-state index contributed by atoms with van der Waals surface area (Å²) in [7, 11) is -2.35. The first-order chi connectivity index (χ1) is 13.8. The molecule has 0 bridgehead atoms. The number of hydrogen-bond donors (Lipinski definition) is 2. The van der Waals surface area contributed by atoms with Gasteiger partial charge in [0.1, 0.15) is 5.75 Å². The van der Waals surface area contributed by atoms with E-state index in [1.54, 1.807) is 36.4 Å². The summed E-state index contributed by atoms with van der Waals surface area (Å²) in [5.41, 5.74) is 2.11. The number of carbonyl (C=O) groups excluding carboxylic acids is 1. The first-order valence-electron chi connectivity index (χ1n) is 8.63. The van der Waals surface area contributed by atoms with Gasteiger partial charge in [0.15, 0.2) is 0 Å². The van der Waals surface area contributed by atoms with Gasteiger partial charge < -0.3 is 10.1 Å². The highest BCUT2D eigenvalue weighted by atomic mass is 35.5. The van der Waals surface area contributed by atoms with Crippen LogP contribution in [0.2, 0.25) is 5.02 Å². The van der Waals surface area contributed by atoms with Gasteiger partial charge in [-0.3, -0.25) is 9.52 Å². The standard InChI is InChI=1S/C21H19ClN2O4S/c1-14-6-11-20(28-2)19(12-14)24-29(26,27)18-9-7-17(8-10-18)23-21(25)15-4-3-5-16(22)13-15/h3-13,24H,1-2H3,(H,23,25).